The monoisotopic (exact) mass is 466 g/mol. The lowest BCUT2D eigenvalue weighted by Gasteiger charge is -2.13. The van der Waals surface area contributed by atoms with Crippen LogP contribution in [0.25, 0.3) is 0 Å². The average Bonchev–Trinajstić information content (AvgIpc) is 3.24. The maximum absolute atomic E-state index is 12.4. The molecule has 142 valence electrons. The van der Waals surface area contributed by atoms with E-state index in [1.165, 1.54) is 9.78 Å². The summed E-state index contributed by atoms with van der Waals surface area (Å²) in [4.78, 5) is 39.2. The average molecular weight is 467 g/mol. The van der Waals surface area contributed by atoms with Crippen LogP contribution in [0.1, 0.15) is 38.4 Å². The maximum Gasteiger partial charge on any atom is 0.261 e. The SMILES string of the molecule is O=C(CCCN1C(=O)c2ccc(Br)cc2C1=O)NCCSCc1cccs1. The molecule has 0 fully saturated rings. The minimum absolute atomic E-state index is 0.0499. The first kappa shape index (κ1) is 20.1. The summed E-state index contributed by atoms with van der Waals surface area (Å²) in [6.07, 6.45) is 0.757. The number of rotatable bonds is 9. The smallest absolute Gasteiger partial charge is 0.261 e. The third-order valence-electron chi connectivity index (χ3n) is 4.11. The van der Waals surface area contributed by atoms with Crippen molar-refractivity contribution in [1.29, 1.82) is 0 Å². The van der Waals surface area contributed by atoms with Crippen LogP contribution < -0.4 is 5.32 Å². The largest absolute Gasteiger partial charge is 0.355 e. The molecular formula is C19H19BrN2O3S2. The molecule has 0 spiro atoms. The van der Waals surface area contributed by atoms with Crippen LogP contribution in [0.5, 0.6) is 0 Å². The number of nitrogens with one attached hydrogen (secondary N) is 1. The zero-order valence-corrected chi connectivity index (χ0v) is 17.8. The second-order valence-corrected chi connectivity index (χ2v) is 9.09. The van der Waals surface area contributed by atoms with E-state index in [9.17, 15) is 14.4 Å². The van der Waals surface area contributed by atoms with Crippen molar-refractivity contribution in [1.82, 2.24) is 10.2 Å². The molecule has 0 bridgehead atoms. The fraction of sp³-hybridized carbons (Fsp3) is 0.316. The summed E-state index contributed by atoms with van der Waals surface area (Å²) in [7, 11) is 0. The summed E-state index contributed by atoms with van der Waals surface area (Å²) >= 11 is 6.84. The number of halogens is 1. The number of hydrogen-bond acceptors (Lipinski definition) is 5. The molecule has 1 aliphatic rings. The maximum atomic E-state index is 12.4. The van der Waals surface area contributed by atoms with E-state index in [1.54, 1.807) is 41.3 Å². The molecule has 2 aromatic rings. The Morgan fingerprint density at radius 3 is 2.78 bits per heavy atom. The summed E-state index contributed by atoms with van der Waals surface area (Å²) in [6.45, 7) is 0.875. The highest BCUT2D eigenvalue weighted by molar-refractivity contribution is 9.10. The van der Waals surface area contributed by atoms with Gasteiger partial charge < -0.3 is 5.32 Å². The van der Waals surface area contributed by atoms with Gasteiger partial charge in [0.2, 0.25) is 5.91 Å². The van der Waals surface area contributed by atoms with Gasteiger partial charge in [-0.05, 0) is 36.1 Å². The molecule has 3 amide bonds. The third kappa shape index (κ3) is 5.21. The number of benzene rings is 1. The van der Waals surface area contributed by atoms with Crippen molar-refractivity contribution in [2.75, 3.05) is 18.8 Å². The van der Waals surface area contributed by atoms with Gasteiger partial charge in [0, 0.05) is 40.4 Å². The van der Waals surface area contributed by atoms with E-state index in [-0.39, 0.29) is 24.3 Å². The van der Waals surface area contributed by atoms with Crippen LogP contribution >= 0.6 is 39.0 Å². The molecule has 5 nitrogen and oxygen atoms in total. The molecule has 1 N–H and O–H groups in total. The van der Waals surface area contributed by atoms with Crippen LogP contribution in [-0.4, -0.2) is 41.5 Å². The minimum atomic E-state index is -0.290. The van der Waals surface area contributed by atoms with Crippen molar-refractivity contribution in [2.24, 2.45) is 0 Å². The van der Waals surface area contributed by atoms with Gasteiger partial charge in [-0.2, -0.15) is 11.8 Å². The number of thiophene rings is 1. The van der Waals surface area contributed by atoms with Gasteiger partial charge in [0.15, 0.2) is 0 Å². The van der Waals surface area contributed by atoms with Crippen molar-refractivity contribution >= 4 is 56.8 Å². The zero-order valence-electron chi connectivity index (χ0n) is 14.6. The predicted molar refractivity (Wildman–Crippen MR) is 112 cm³/mol. The first-order chi connectivity index (χ1) is 13.1. The Hall–Kier alpha value is -1.64. The molecule has 27 heavy (non-hydrogen) atoms. The molecule has 0 unspecified atom stereocenters. The second kappa shape index (κ2) is 9.52. The van der Waals surface area contributed by atoms with Crippen molar-refractivity contribution in [2.45, 2.75) is 18.6 Å². The van der Waals surface area contributed by atoms with Crippen LogP contribution in [0.2, 0.25) is 0 Å². The van der Waals surface area contributed by atoms with E-state index >= 15 is 0 Å². The number of carbonyl (C=O) groups excluding carboxylic acids is 3. The molecule has 0 saturated carbocycles. The number of fused-ring (bicyclic) bond motifs is 1. The van der Waals surface area contributed by atoms with E-state index in [0.29, 0.717) is 30.5 Å². The number of nitrogens with zero attached hydrogens (tertiary/aromatic N) is 1. The predicted octanol–water partition coefficient (Wildman–Crippen LogP) is 3.94. The number of amides is 3. The van der Waals surface area contributed by atoms with Gasteiger partial charge >= 0.3 is 0 Å². The molecule has 0 saturated heterocycles. The molecule has 1 aliphatic heterocycles. The van der Waals surface area contributed by atoms with E-state index in [0.717, 1.165) is 16.0 Å². The summed E-state index contributed by atoms with van der Waals surface area (Å²) in [5, 5.41) is 4.94. The van der Waals surface area contributed by atoms with Gasteiger partial charge in [-0.15, -0.1) is 11.3 Å². The molecule has 0 atom stereocenters. The lowest BCUT2D eigenvalue weighted by molar-refractivity contribution is -0.121. The Morgan fingerprint density at radius 2 is 2.00 bits per heavy atom. The van der Waals surface area contributed by atoms with Crippen molar-refractivity contribution in [3.8, 4) is 0 Å². The summed E-state index contributed by atoms with van der Waals surface area (Å²) in [5.41, 5.74) is 0.844. The van der Waals surface area contributed by atoms with Crippen LogP contribution in [0, 0.1) is 0 Å². The fourth-order valence-corrected chi connectivity index (χ4v) is 4.84. The number of carbonyl (C=O) groups is 3. The highest BCUT2D eigenvalue weighted by atomic mass is 79.9. The molecule has 0 radical (unpaired) electrons. The van der Waals surface area contributed by atoms with Gasteiger partial charge in [0.1, 0.15) is 0 Å². The molecule has 3 rings (SSSR count). The van der Waals surface area contributed by atoms with Crippen LogP contribution in [0.3, 0.4) is 0 Å². The third-order valence-corrected chi connectivity index (χ3v) is 6.67. The van der Waals surface area contributed by atoms with Crippen LogP contribution in [-0.2, 0) is 10.5 Å². The van der Waals surface area contributed by atoms with Crippen molar-refractivity contribution < 1.29 is 14.4 Å². The van der Waals surface area contributed by atoms with Gasteiger partial charge in [-0.25, -0.2) is 0 Å². The van der Waals surface area contributed by atoms with Gasteiger partial charge in [0.05, 0.1) is 11.1 Å². The Labute approximate surface area is 174 Å². The molecule has 1 aromatic carbocycles. The normalized spacial score (nSPS) is 13.1. The first-order valence-electron chi connectivity index (χ1n) is 8.59. The van der Waals surface area contributed by atoms with Gasteiger partial charge in [-0.1, -0.05) is 22.0 Å². The Bertz CT molecular complexity index is 839. The highest BCUT2D eigenvalue weighted by Gasteiger charge is 2.35. The fourth-order valence-electron chi connectivity index (χ4n) is 2.78. The lowest BCUT2D eigenvalue weighted by Crippen LogP contribution is -2.32. The van der Waals surface area contributed by atoms with Crippen LogP contribution in [0.4, 0.5) is 0 Å². The Morgan fingerprint density at radius 1 is 1.19 bits per heavy atom. The summed E-state index contributed by atoms with van der Waals surface area (Å²) in [5.74, 6) is 1.20. The standard InChI is InChI=1S/C19H19BrN2O3S2/c20-13-5-6-15-16(11-13)19(25)22(18(15)24)8-1-4-17(23)21-7-10-26-12-14-3-2-9-27-14/h2-3,5-6,9,11H,1,4,7-8,10,12H2,(H,21,23). The molecule has 8 heteroatoms. The van der Waals surface area contributed by atoms with Gasteiger partial charge in [0.25, 0.3) is 11.8 Å². The summed E-state index contributed by atoms with van der Waals surface area (Å²) in [6, 6.07) is 9.21. The zero-order chi connectivity index (χ0) is 19.2. The van der Waals surface area contributed by atoms with E-state index in [1.807, 2.05) is 6.07 Å². The van der Waals surface area contributed by atoms with E-state index in [2.05, 4.69) is 32.7 Å². The molecule has 1 aromatic heterocycles. The topological polar surface area (TPSA) is 66.5 Å². The number of thioether (sulfide) groups is 1. The van der Waals surface area contributed by atoms with Gasteiger partial charge in [-0.3, -0.25) is 19.3 Å². The Balaban J connectivity index is 1.34. The van der Waals surface area contributed by atoms with Crippen molar-refractivity contribution in [3.05, 3.63) is 56.2 Å². The molecule has 2 heterocycles. The first-order valence-corrected chi connectivity index (χ1v) is 11.4. The van der Waals surface area contributed by atoms with Crippen molar-refractivity contribution in [3.63, 3.8) is 0 Å². The minimum Gasteiger partial charge on any atom is -0.355 e. The Kier molecular flexibility index (Phi) is 7.09. The highest BCUT2D eigenvalue weighted by Crippen LogP contribution is 2.26. The number of hydrogen-bond donors (Lipinski definition) is 1. The van der Waals surface area contributed by atoms with E-state index < -0.39 is 0 Å². The molecular weight excluding hydrogens is 448 g/mol. The quantitative estimate of drug-likeness (QED) is 0.448. The lowest BCUT2D eigenvalue weighted by atomic mass is 10.1. The summed E-state index contributed by atoms with van der Waals surface area (Å²) < 4.78 is 0.764. The number of imide groups is 1. The second-order valence-electron chi connectivity index (χ2n) is 6.04. The van der Waals surface area contributed by atoms with E-state index in [4.69, 9.17) is 0 Å². The molecule has 0 aliphatic carbocycles. The van der Waals surface area contributed by atoms with Crippen LogP contribution in [0.15, 0.2) is 40.2 Å².